The molecule has 1 aliphatic heterocycles. The van der Waals surface area contributed by atoms with Crippen molar-refractivity contribution in [1.29, 1.82) is 0 Å². The molecule has 1 aliphatic carbocycles. The zero-order valence-electron chi connectivity index (χ0n) is 11.2. The van der Waals surface area contributed by atoms with Crippen LogP contribution in [0.3, 0.4) is 0 Å². The summed E-state index contributed by atoms with van der Waals surface area (Å²) in [5.41, 5.74) is 6.81. The highest BCUT2D eigenvalue weighted by Crippen LogP contribution is 2.40. The van der Waals surface area contributed by atoms with Gasteiger partial charge in [0.15, 0.2) is 0 Å². The van der Waals surface area contributed by atoms with Crippen LogP contribution in [0.2, 0.25) is 0 Å². The second-order valence-electron chi connectivity index (χ2n) is 5.70. The summed E-state index contributed by atoms with van der Waals surface area (Å²) in [6.45, 7) is 0. The highest BCUT2D eigenvalue weighted by Gasteiger charge is 2.42. The largest absolute Gasteiger partial charge is 0.331 e. The van der Waals surface area contributed by atoms with Gasteiger partial charge in [-0.2, -0.15) is 0 Å². The average Bonchev–Trinajstić information content (AvgIpc) is 3.22. The molecule has 20 heavy (non-hydrogen) atoms. The van der Waals surface area contributed by atoms with E-state index in [0.29, 0.717) is 12.0 Å². The van der Waals surface area contributed by atoms with Crippen LogP contribution in [0.1, 0.15) is 43.7 Å². The Morgan fingerprint density at radius 3 is 2.75 bits per heavy atom. The Bertz CT molecular complexity index is 533. The molecule has 3 nitrogen and oxygen atoms in total. The molecule has 0 bridgehead atoms. The fourth-order valence-corrected chi connectivity index (χ4v) is 3.42. The first kappa shape index (κ1) is 14.0. The van der Waals surface area contributed by atoms with Crippen molar-refractivity contribution in [2.45, 2.75) is 50.2 Å². The molecular formula is C15H18BrFN2O. The molecular weight excluding hydrogens is 323 g/mol. The lowest BCUT2D eigenvalue weighted by atomic mass is 9.95. The Kier molecular flexibility index (Phi) is 3.82. The second kappa shape index (κ2) is 5.45. The normalized spacial score (nSPS) is 27.6. The van der Waals surface area contributed by atoms with Crippen LogP contribution < -0.4 is 5.73 Å². The molecule has 2 unspecified atom stereocenters. The van der Waals surface area contributed by atoms with E-state index in [4.69, 9.17) is 5.73 Å². The summed E-state index contributed by atoms with van der Waals surface area (Å²) in [5, 5.41) is 0. The zero-order valence-corrected chi connectivity index (χ0v) is 12.8. The van der Waals surface area contributed by atoms with E-state index in [2.05, 4.69) is 15.9 Å². The van der Waals surface area contributed by atoms with Crippen molar-refractivity contribution in [1.82, 2.24) is 4.90 Å². The number of rotatable bonds is 2. The van der Waals surface area contributed by atoms with Gasteiger partial charge >= 0.3 is 0 Å². The van der Waals surface area contributed by atoms with Crippen LogP contribution in [-0.2, 0) is 4.79 Å². The first-order chi connectivity index (χ1) is 9.58. The van der Waals surface area contributed by atoms with Gasteiger partial charge in [-0.15, -0.1) is 0 Å². The number of benzene rings is 1. The molecule has 0 spiro atoms. The minimum atomic E-state index is -0.338. The number of hydrogen-bond acceptors (Lipinski definition) is 2. The lowest BCUT2D eigenvalue weighted by Crippen LogP contribution is -2.43. The lowest BCUT2D eigenvalue weighted by molar-refractivity contribution is -0.134. The summed E-state index contributed by atoms with van der Waals surface area (Å²) in [6.07, 6.45) is 4.08. The molecule has 1 saturated carbocycles. The van der Waals surface area contributed by atoms with E-state index in [1.807, 2.05) is 4.90 Å². The molecule has 2 N–H and O–H groups in total. The standard InChI is InChI=1S/C15H18BrFN2O/c16-9-4-7-12(17)11(8-9)15-13(18)2-1-3-14(20)19(15)10-5-6-10/h4,7-8,10,13,15H,1-3,5-6,18H2. The van der Waals surface area contributed by atoms with Gasteiger partial charge in [-0.25, -0.2) is 4.39 Å². The Morgan fingerprint density at radius 1 is 1.30 bits per heavy atom. The summed E-state index contributed by atoms with van der Waals surface area (Å²) in [7, 11) is 0. The Labute approximate surface area is 126 Å². The summed E-state index contributed by atoms with van der Waals surface area (Å²) in [5.74, 6) is -0.168. The van der Waals surface area contributed by atoms with Crippen LogP contribution in [-0.4, -0.2) is 22.9 Å². The number of halogens is 2. The molecule has 1 amide bonds. The van der Waals surface area contributed by atoms with E-state index in [1.165, 1.54) is 6.07 Å². The van der Waals surface area contributed by atoms with Crippen molar-refractivity contribution in [2.75, 3.05) is 0 Å². The van der Waals surface area contributed by atoms with Gasteiger partial charge in [0.25, 0.3) is 0 Å². The molecule has 1 aromatic carbocycles. The minimum absolute atomic E-state index is 0.116. The smallest absolute Gasteiger partial charge is 0.223 e. The Balaban J connectivity index is 2.04. The van der Waals surface area contributed by atoms with Gasteiger partial charge in [0, 0.05) is 28.5 Å². The molecule has 2 atom stereocenters. The third-order valence-corrected chi connectivity index (χ3v) is 4.63. The predicted molar refractivity (Wildman–Crippen MR) is 78.5 cm³/mol. The van der Waals surface area contributed by atoms with Gasteiger partial charge in [0.2, 0.25) is 5.91 Å². The van der Waals surface area contributed by atoms with Crippen molar-refractivity contribution < 1.29 is 9.18 Å². The maximum atomic E-state index is 14.2. The fourth-order valence-electron chi connectivity index (χ4n) is 3.04. The van der Waals surface area contributed by atoms with Crippen LogP contribution >= 0.6 is 15.9 Å². The Morgan fingerprint density at radius 2 is 2.05 bits per heavy atom. The molecule has 2 fully saturated rings. The predicted octanol–water partition coefficient (Wildman–Crippen LogP) is 3.13. The van der Waals surface area contributed by atoms with Crippen LogP contribution in [0.25, 0.3) is 0 Å². The molecule has 0 radical (unpaired) electrons. The molecule has 1 heterocycles. The molecule has 1 aromatic rings. The third kappa shape index (κ3) is 2.61. The van der Waals surface area contributed by atoms with Gasteiger partial charge in [-0.3, -0.25) is 4.79 Å². The maximum absolute atomic E-state index is 14.2. The van der Waals surface area contributed by atoms with E-state index in [0.717, 1.165) is 30.2 Å². The number of likely N-dealkylation sites (tertiary alicyclic amines) is 1. The van der Waals surface area contributed by atoms with Gasteiger partial charge in [0.05, 0.1) is 6.04 Å². The molecule has 1 saturated heterocycles. The van der Waals surface area contributed by atoms with Gasteiger partial charge in [0.1, 0.15) is 5.82 Å². The number of carbonyl (C=O) groups is 1. The fraction of sp³-hybridized carbons (Fsp3) is 0.533. The van der Waals surface area contributed by atoms with Gasteiger partial charge in [-0.05, 0) is 43.9 Å². The zero-order chi connectivity index (χ0) is 14.3. The summed E-state index contributed by atoms with van der Waals surface area (Å²) in [6, 6.07) is 4.57. The van der Waals surface area contributed by atoms with E-state index in [-0.39, 0.29) is 29.8 Å². The lowest BCUT2D eigenvalue weighted by Gasteiger charge is -2.34. The number of amides is 1. The minimum Gasteiger partial charge on any atom is -0.331 e. The summed E-state index contributed by atoms with van der Waals surface area (Å²) >= 11 is 3.38. The maximum Gasteiger partial charge on any atom is 0.223 e. The summed E-state index contributed by atoms with van der Waals surface area (Å²) in [4.78, 5) is 14.2. The first-order valence-corrected chi connectivity index (χ1v) is 7.89. The highest BCUT2D eigenvalue weighted by atomic mass is 79.9. The monoisotopic (exact) mass is 340 g/mol. The van der Waals surface area contributed by atoms with Gasteiger partial charge < -0.3 is 10.6 Å². The molecule has 108 valence electrons. The molecule has 3 rings (SSSR count). The number of hydrogen-bond donors (Lipinski definition) is 1. The van der Waals surface area contributed by atoms with Crippen molar-refractivity contribution in [2.24, 2.45) is 5.73 Å². The second-order valence-corrected chi connectivity index (χ2v) is 6.61. The SMILES string of the molecule is NC1CCCC(=O)N(C2CC2)C1c1cc(Br)ccc1F. The van der Waals surface area contributed by atoms with E-state index >= 15 is 0 Å². The summed E-state index contributed by atoms with van der Waals surface area (Å²) < 4.78 is 15.0. The Hall–Kier alpha value is -0.940. The van der Waals surface area contributed by atoms with Crippen LogP contribution in [0.4, 0.5) is 4.39 Å². The van der Waals surface area contributed by atoms with E-state index < -0.39 is 0 Å². The van der Waals surface area contributed by atoms with Crippen molar-refractivity contribution in [3.63, 3.8) is 0 Å². The molecule has 0 aromatic heterocycles. The highest BCUT2D eigenvalue weighted by molar-refractivity contribution is 9.10. The van der Waals surface area contributed by atoms with Crippen LogP contribution in [0.5, 0.6) is 0 Å². The van der Waals surface area contributed by atoms with Crippen LogP contribution in [0.15, 0.2) is 22.7 Å². The number of carbonyl (C=O) groups excluding carboxylic acids is 1. The van der Waals surface area contributed by atoms with E-state index in [9.17, 15) is 9.18 Å². The van der Waals surface area contributed by atoms with Crippen LogP contribution in [0, 0.1) is 5.82 Å². The number of nitrogens with two attached hydrogens (primary N) is 1. The quantitative estimate of drug-likeness (QED) is 0.898. The van der Waals surface area contributed by atoms with Crippen molar-refractivity contribution in [3.8, 4) is 0 Å². The average molecular weight is 341 g/mol. The number of nitrogens with zero attached hydrogens (tertiary/aromatic N) is 1. The van der Waals surface area contributed by atoms with E-state index in [1.54, 1.807) is 12.1 Å². The van der Waals surface area contributed by atoms with Crippen molar-refractivity contribution >= 4 is 21.8 Å². The van der Waals surface area contributed by atoms with Gasteiger partial charge in [-0.1, -0.05) is 15.9 Å². The first-order valence-electron chi connectivity index (χ1n) is 7.09. The van der Waals surface area contributed by atoms with Crippen molar-refractivity contribution in [3.05, 3.63) is 34.1 Å². The topological polar surface area (TPSA) is 46.3 Å². The molecule has 2 aliphatic rings. The molecule has 5 heteroatoms. The third-order valence-electron chi connectivity index (χ3n) is 4.14.